The fourth-order valence-electron chi connectivity index (χ4n) is 10.5. The number of rotatable bonds is 8. The number of carbonyl (C=O) groups excluding carboxylic acids is 1. The van der Waals surface area contributed by atoms with Gasteiger partial charge in [-0.2, -0.15) is 0 Å². The number of allylic oxidation sites excluding steroid dienone is 1. The second-order valence-electron chi connectivity index (χ2n) is 13.9. The molecule has 1 heteroatoms. The highest BCUT2D eigenvalue weighted by Crippen LogP contribution is 2.69. The molecule has 0 N–H and O–H groups in total. The van der Waals surface area contributed by atoms with Crippen molar-refractivity contribution in [3.05, 3.63) is 12.7 Å². The third-order valence-electron chi connectivity index (χ3n) is 12.4. The summed E-state index contributed by atoms with van der Waals surface area (Å²) in [4.78, 5) is 12.8. The van der Waals surface area contributed by atoms with Crippen LogP contribution in [0.4, 0.5) is 0 Å². The average molecular weight is 455 g/mol. The van der Waals surface area contributed by atoms with Crippen molar-refractivity contribution in [1.82, 2.24) is 0 Å². The number of hydrogen-bond donors (Lipinski definition) is 0. The molecule has 0 unspecified atom stereocenters. The van der Waals surface area contributed by atoms with E-state index < -0.39 is 0 Å². The Morgan fingerprint density at radius 1 is 0.939 bits per heavy atom. The number of hydrogen-bond acceptors (Lipinski definition) is 1. The first-order valence-corrected chi connectivity index (χ1v) is 14.8. The summed E-state index contributed by atoms with van der Waals surface area (Å²) in [6, 6.07) is 0. The first-order valence-electron chi connectivity index (χ1n) is 14.8. The predicted octanol–water partition coefficient (Wildman–Crippen LogP) is 9.12. The molecule has 0 aliphatic heterocycles. The first-order chi connectivity index (χ1) is 15.7. The Morgan fingerprint density at radius 2 is 1.64 bits per heavy atom. The highest BCUT2D eigenvalue weighted by Gasteiger charge is 2.61. The summed E-state index contributed by atoms with van der Waals surface area (Å²) in [7, 11) is 0. The first kappa shape index (κ1) is 25.5. The molecule has 0 heterocycles. The fraction of sp³-hybridized carbons (Fsp3) is 0.906. The predicted molar refractivity (Wildman–Crippen MR) is 141 cm³/mol. The smallest absolute Gasteiger partial charge is 0.136 e. The summed E-state index contributed by atoms with van der Waals surface area (Å²) < 4.78 is 0. The van der Waals surface area contributed by atoms with E-state index in [1.807, 2.05) is 6.08 Å². The molecule has 4 aliphatic rings. The maximum Gasteiger partial charge on any atom is 0.136 e. The van der Waals surface area contributed by atoms with E-state index in [1.165, 1.54) is 57.8 Å². The zero-order valence-electron chi connectivity index (χ0n) is 22.9. The van der Waals surface area contributed by atoms with Gasteiger partial charge in [-0.3, -0.25) is 4.79 Å². The maximum absolute atomic E-state index is 12.8. The average Bonchev–Trinajstić information content (AvgIpc) is 3.13. The van der Waals surface area contributed by atoms with E-state index in [9.17, 15) is 4.79 Å². The van der Waals surface area contributed by atoms with Gasteiger partial charge in [-0.25, -0.2) is 0 Å². The lowest BCUT2D eigenvalue weighted by molar-refractivity contribution is -0.152. The van der Waals surface area contributed by atoms with Gasteiger partial charge in [0.2, 0.25) is 0 Å². The molecule has 0 aromatic rings. The second kappa shape index (κ2) is 9.81. The van der Waals surface area contributed by atoms with Crippen molar-refractivity contribution in [2.45, 2.75) is 119 Å². The molecule has 1 nitrogen and oxygen atoms in total. The van der Waals surface area contributed by atoms with E-state index in [0.29, 0.717) is 22.5 Å². The van der Waals surface area contributed by atoms with Gasteiger partial charge >= 0.3 is 0 Å². The zero-order chi connectivity index (χ0) is 24.0. The Labute approximate surface area is 206 Å². The normalized spacial score (nSPS) is 44.6. The van der Waals surface area contributed by atoms with Crippen LogP contribution >= 0.6 is 0 Å². The molecule has 10 atom stereocenters. The number of Topliss-reactive ketones (excluding diaryl/α,β-unsaturated/α-hetero) is 1. The third kappa shape index (κ3) is 4.31. The van der Waals surface area contributed by atoms with Crippen molar-refractivity contribution in [3.63, 3.8) is 0 Å². The lowest BCUT2D eigenvalue weighted by Gasteiger charge is -2.62. The standard InChI is InChI=1S/C32H54O/c1-8-10-25-28-14-13-24-27-16-15-26(22(5)11-12-23(9-2)21(3)4)31(27,6)19-17-29(24)32(28,7)20-18-30(25)33/h8,21-29H,1,9-20H2,2-7H3/t22-,23-,24+,25+,26-,27-,28+,29+,31-,32+/m1/s1. The van der Waals surface area contributed by atoms with Gasteiger partial charge in [-0.15, -0.1) is 6.58 Å². The topological polar surface area (TPSA) is 17.1 Å². The molecule has 33 heavy (non-hydrogen) atoms. The van der Waals surface area contributed by atoms with E-state index in [2.05, 4.69) is 48.1 Å². The third-order valence-corrected chi connectivity index (χ3v) is 12.4. The van der Waals surface area contributed by atoms with Gasteiger partial charge in [-0.1, -0.05) is 60.5 Å². The van der Waals surface area contributed by atoms with Crippen LogP contribution in [0.3, 0.4) is 0 Å². The van der Waals surface area contributed by atoms with E-state index in [4.69, 9.17) is 0 Å². The fourth-order valence-corrected chi connectivity index (χ4v) is 10.5. The van der Waals surface area contributed by atoms with Crippen LogP contribution in [0.15, 0.2) is 12.7 Å². The molecule has 4 rings (SSSR count). The Bertz CT molecular complexity index is 707. The Morgan fingerprint density at radius 3 is 2.30 bits per heavy atom. The van der Waals surface area contributed by atoms with Crippen LogP contribution in [0.25, 0.3) is 0 Å². The van der Waals surface area contributed by atoms with Gasteiger partial charge in [-0.05, 0) is 116 Å². The highest BCUT2D eigenvalue weighted by atomic mass is 16.1. The van der Waals surface area contributed by atoms with Crippen LogP contribution in [0.5, 0.6) is 0 Å². The summed E-state index contributed by atoms with van der Waals surface area (Å²) >= 11 is 0. The number of carbonyl (C=O) groups is 1. The maximum atomic E-state index is 12.8. The molecule has 0 aromatic carbocycles. The number of fused-ring (bicyclic) bond motifs is 5. The van der Waals surface area contributed by atoms with Crippen LogP contribution < -0.4 is 0 Å². The highest BCUT2D eigenvalue weighted by molar-refractivity contribution is 5.82. The Balaban J connectivity index is 1.48. The van der Waals surface area contributed by atoms with Gasteiger partial charge < -0.3 is 0 Å². The summed E-state index contributed by atoms with van der Waals surface area (Å²) in [5, 5.41) is 0. The molecule has 188 valence electrons. The molecule has 0 amide bonds. The monoisotopic (exact) mass is 454 g/mol. The molecular formula is C32H54O. The van der Waals surface area contributed by atoms with Crippen LogP contribution in [-0.2, 0) is 4.79 Å². The van der Waals surface area contributed by atoms with Crippen LogP contribution in [0, 0.1) is 64.1 Å². The van der Waals surface area contributed by atoms with Crippen molar-refractivity contribution in [3.8, 4) is 0 Å². The lowest BCUT2D eigenvalue weighted by atomic mass is 9.43. The summed E-state index contributed by atoms with van der Waals surface area (Å²) in [6.45, 7) is 19.1. The summed E-state index contributed by atoms with van der Waals surface area (Å²) in [5.41, 5.74) is 0.954. The molecule has 4 aliphatic carbocycles. The van der Waals surface area contributed by atoms with E-state index in [-0.39, 0.29) is 5.92 Å². The molecule has 4 saturated carbocycles. The van der Waals surface area contributed by atoms with E-state index >= 15 is 0 Å². The minimum absolute atomic E-state index is 0.263. The molecule has 0 saturated heterocycles. The number of ketones is 1. The van der Waals surface area contributed by atoms with Crippen molar-refractivity contribution in [1.29, 1.82) is 0 Å². The van der Waals surface area contributed by atoms with Gasteiger partial charge in [0, 0.05) is 12.3 Å². The minimum Gasteiger partial charge on any atom is -0.299 e. The second-order valence-corrected chi connectivity index (χ2v) is 13.9. The van der Waals surface area contributed by atoms with Gasteiger partial charge in [0.05, 0.1) is 0 Å². The molecule has 0 spiro atoms. The van der Waals surface area contributed by atoms with Crippen LogP contribution in [0.1, 0.15) is 119 Å². The Hall–Kier alpha value is -0.590. The van der Waals surface area contributed by atoms with Crippen molar-refractivity contribution < 1.29 is 4.79 Å². The Kier molecular flexibility index (Phi) is 7.58. The lowest BCUT2D eigenvalue weighted by Crippen LogP contribution is -2.56. The van der Waals surface area contributed by atoms with E-state index in [1.54, 1.807) is 0 Å². The largest absolute Gasteiger partial charge is 0.299 e. The summed E-state index contributed by atoms with van der Waals surface area (Å²) in [6.07, 6.45) is 17.6. The molecule has 0 aromatic heterocycles. The van der Waals surface area contributed by atoms with Crippen molar-refractivity contribution >= 4 is 5.78 Å². The van der Waals surface area contributed by atoms with Gasteiger partial charge in [0.1, 0.15) is 5.78 Å². The molecule has 0 radical (unpaired) electrons. The SMILES string of the molecule is C=CC[C@@H]1C(=O)CC[C@]2(C)[C@H]3CC[C@@]4(C)[C@H](CC[C@@H]4[C@H](C)CC[C@@H](CC)C(C)C)[C@@H]3CC[C@@H]12. The van der Waals surface area contributed by atoms with Crippen molar-refractivity contribution in [2.75, 3.05) is 0 Å². The summed E-state index contributed by atoms with van der Waals surface area (Å²) in [5.74, 6) is 7.66. The molecular weight excluding hydrogens is 400 g/mol. The van der Waals surface area contributed by atoms with Gasteiger partial charge in [0.25, 0.3) is 0 Å². The quantitative estimate of drug-likeness (QED) is 0.334. The molecule has 0 bridgehead atoms. The molecule has 4 fully saturated rings. The van der Waals surface area contributed by atoms with E-state index in [0.717, 1.165) is 60.7 Å². The van der Waals surface area contributed by atoms with Crippen LogP contribution in [-0.4, -0.2) is 5.78 Å². The zero-order valence-corrected chi connectivity index (χ0v) is 22.9. The van der Waals surface area contributed by atoms with Crippen LogP contribution in [0.2, 0.25) is 0 Å². The van der Waals surface area contributed by atoms with Gasteiger partial charge in [0.15, 0.2) is 0 Å². The van der Waals surface area contributed by atoms with Crippen molar-refractivity contribution in [2.24, 2.45) is 64.1 Å². The minimum atomic E-state index is 0.263.